The van der Waals surface area contributed by atoms with E-state index in [4.69, 9.17) is 10.2 Å². The molecule has 122 valence electrons. The van der Waals surface area contributed by atoms with E-state index < -0.39 is 25.5 Å². The van der Waals surface area contributed by atoms with Crippen LogP contribution in [0.5, 0.6) is 0 Å². The maximum atomic E-state index is 12.0. The summed E-state index contributed by atoms with van der Waals surface area (Å²) < 4.78 is 12.0. The number of carboxylic acid groups (broad SMARTS) is 2. The second-order valence-electron chi connectivity index (χ2n) is 4.97. The van der Waals surface area contributed by atoms with Crippen LogP contribution in [0.1, 0.15) is 24.8 Å². The molecule has 2 unspecified atom stereocenters. The van der Waals surface area contributed by atoms with Gasteiger partial charge in [0.05, 0.1) is 0 Å². The van der Waals surface area contributed by atoms with Crippen molar-refractivity contribution in [2.75, 3.05) is 6.16 Å². The fraction of sp³-hybridized carbons (Fsp3) is 0.429. The van der Waals surface area contributed by atoms with Crippen LogP contribution < -0.4 is 5.09 Å². The quantitative estimate of drug-likeness (QED) is 0.482. The summed E-state index contributed by atoms with van der Waals surface area (Å²) in [4.78, 5) is 31.3. The van der Waals surface area contributed by atoms with E-state index >= 15 is 0 Å². The molecule has 4 N–H and O–H groups in total. The summed E-state index contributed by atoms with van der Waals surface area (Å²) >= 11 is 0. The predicted octanol–water partition coefficient (Wildman–Crippen LogP) is 1.71. The van der Waals surface area contributed by atoms with Crippen LogP contribution in [0.3, 0.4) is 0 Å². The lowest BCUT2D eigenvalue weighted by Gasteiger charge is -2.18. The van der Waals surface area contributed by atoms with Crippen molar-refractivity contribution in [3.8, 4) is 0 Å². The summed E-state index contributed by atoms with van der Waals surface area (Å²) in [5.74, 6) is -2.48. The highest BCUT2D eigenvalue weighted by Crippen LogP contribution is 2.37. The summed E-state index contributed by atoms with van der Waals surface area (Å²) in [5.41, 5.74) is 1.03. The SMILES string of the molecule is O=C(O)CCC(NP(=O)(O)CCCc1ccccc1)C(=O)O. The highest BCUT2D eigenvalue weighted by atomic mass is 31.2. The summed E-state index contributed by atoms with van der Waals surface area (Å²) in [5, 5.41) is 19.7. The van der Waals surface area contributed by atoms with Gasteiger partial charge in [-0.15, -0.1) is 0 Å². The van der Waals surface area contributed by atoms with Crippen LogP contribution in [-0.4, -0.2) is 39.2 Å². The molecule has 0 saturated carbocycles. The molecule has 0 saturated heterocycles. The zero-order valence-electron chi connectivity index (χ0n) is 12.0. The van der Waals surface area contributed by atoms with Gasteiger partial charge < -0.3 is 15.1 Å². The van der Waals surface area contributed by atoms with Gasteiger partial charge in [0.25, 0.3) is 7.52 Å². The second kappa shape index (κ2) is 8.68. The molecule has 22 heavy (non-hydrogen) atoms. The van der Waals surface area contributed by atoms with Gasteiger partial charge in [0, 0.05) is 12.6 Å². The third-order valence-corrected chi connectivity index (χ3v) is 4.71. The van der Waals surface area contributed by atoms with E-state index in [0.29, 0.717) is 12.8 Å². The number of aryl methyl sites for hydroxylation is 1. The number of aliphatic carboxylic acids is 2. The maximum Gasteiger partial charge on any atom is 0.321 e. The van der Waals surface area contributed by atoms with E-state index in [9.17, 15) is 19.0 Å². The molecule has 0 spiro atoms. The van der Waals surface area contributed by atoms with Crippen LogP contribution in [0.15, 0.2) is 30.3 Å². The zero-order chi connectivity index (χ0) is 16.6. The van der Waals surface area contributed by atoms with Crippen molar-refractivity contribution in [1.82, 2.24) is 5.09 Å². The summed E-state index contributed by atoms with van der Waals surface area (Å²) in [6.07, 6.45) is 0.344. The third kappa shape index (κ3) is 7.36. The van der Waals surface area contributed by atoms with Crippen molar-refractivity contribution in [1.29, 1.82) is 0 Å². The molecule has 0 fully saturated rings. The smallest absolute Gasteiger partial charge is 0.321 e. The van der Waals surface area contributed by atoms with Crippen molar-refractivity contribution in [2.45, 2.75) is 31.7 Å². The lowest BCUT2D eigenvalue weighted by atomic mass is 10.1. The molecule has 1 aromatic rings. The fourth-order valence-corrected chi connectivity index (χ4v) is 3.40. The predicted molar refractivity (Wildman–Crippen MR) is 80.9 cm³/mol. The van der Waals surface area contributed by atoms with Crippen molar-refractivity contribution >= 4 is 19.5 Å². The van der Waals surface area contributed by atoms with Crippen LogP contribution in [0.4, 0.5) is 0 Å². The van der Waals surface area contributed by atoms with Gasteiger partial charge in [-0.25, -0.2) is 5.09 Å². The Labute approximate surface area is 128 Å². The number of hydrogen-bond donors (Lipinski definition) is 4. The fourth-order valence-electron chi connectivity index (χ4n) is 1.96. The molecule has 1 aromatic carbocycles. The van der Waals surface area contributed by atoms with E-state index in [2.05, 4.69) is 5.09 Å². The first-order valence-corrected chi connectivity index (χ1v) is 8.73. The number of rotatable bonds is 10. The van der Waals surface area contributed by atoms with Gasteiger partial charge in [0.15, 0.2) is 0 Å². The van der Waals surface area contributed by atoms with E-state index in [1.54, 1.807) is 0 Å². The zero-order valence-corrected chi connectivity index (χ0v) is 12.9. The van der Waals surface area contributed by atoms with Gasteiger partial charge in [-0.05, 0) is 24.8 Å². The first kappa shape index (κ1) is 18.4. The third-order valence-electron chi connectivity index (χ3n) is 3.07. The lowest BCUT2D eigenvalue weighted by Crippen LogP contribution is -2.35. The molecular weight excluding hydrogens is 309 g/mol. The Hall–Kier alpha value is -1.69. The highest BCUT2D eigenvalue weighted by molar-refractivity contribution is 7.55. The van der Waals surface area contributed by atoms with Crippen molar-refractivity contribution in [2.24, 2.45) is 0 Å². The van der Waals surface area contributed by atoms with E-state index in [-0.39, 0.29) is 19.0 Å². The van der Waals surface area contributed by atoms with Crippen LogP contribution >= 0.6 is 7.52 Å². The molecule has 0 aliphatic rings. The van der Waals surface area contributed by atoms with Crippen LogP contribution in [-0.2, 0) is 20.6 Å². The Kier molecular flexibility index (Phi) is 7.24. The Morgan fingerprint density at radius 3 is 2.36 bits per heavy atom. The first-order valence-electron chi connectivity index (χ1n) is 6.88. The standard InChI is InChI=1S/C14H20NO6P/c16-13(17)9-8-12(14(18)19)15-22(20,21)10-4-7-11-5-2-1-3-6-11/h1-3,5-6,12H,4,7-10H2,(H,16,17)(H,18,19)(H2,15,20,21). The van der Waals surface area contributed by atoms with Gasteiger partial charge in [-0.2, -0.15) is 0 Å². The minimum Gasteiger partial charge on any atom is -0.481 e. The Balaban J connectivity index is 2.47. The minimum absolute atomic E-state index is 0.0707. The Morgan fingerprint density at radius 1 is 1.18 bits per heavy atom. The summed E-state index contributed by atoms with van der Waals surface area (Å²) in [7, 11) is -3.82. The number of nitrogens with one attached hydrogen (secondary N) is 1. The minimum atomic E-state index is -3.82. The van der Waals surface area contributed by atoms with Gasteiger partial charge in [0.2, 0.25) is 0 Å². The molecule has 0 bridgehead atoms. The van der Waals surface area contributed by atoms with Gasteiger partial charge in [0.1, 0.15) is 6.04 Å². The van der Waals surface area contributed by atoms with Crippen molar-refractivity contribution < 1.29 is 29.3 Å². The first-order chi connectivity index (χ1) is 10.3. The Bertz CT molecular complexity index is 548. The monoisotopic (exact) mass is 329 g/mol. The summed E-state index contributed by atoms with van der Waals surface area (Å²) in [6, 6.07) is 8.09. The average molecular weight is 329 g/mol. The van der Waals surface area contributed by atoms with E-state index in [1.807, 2.05) is 30.3 Å². The molecule has 0 heterocycles. The summed E-state index contributed by atoms with van der Waals surface area (Å²) in [6.45, 7) is 0. The van der Waals surface area contributed by atoms with Gasteiger partial charge >= 0.3 is 11.9 Å². The average Bonchev–Trinajstić information content (AvgIpc) is 2.44. The molecule has 0 amide bonds. The van der Waals surface area contributed by atoms with E-state index in [1.165, 1.54) is 0 Å². The number of carbonyl (C=O) groups is 2. The molecule has 0 radical (unpaired) electrons. The molecule has 1 rings (SSSR count). The topological polar surface area (TPSA) is 124 Å². The van der Waals surface area contributed by atoms with Crippen molar-refractivity contribution in [3.63, 3.8) is 0 Å². The normalized spacial score (nSPS) is 15.0. The molecule has 7 nitrogen and oxygen atoms in total. The molecule has 0 aromatic heterocycles. The lowest BCUT2D eigenvalue weighted by molar-refractivity contribution is -0.140. The second-order valence-corrected chi connectivity index (χ2v) is 7.08. The molecular formula is C14H20NO6P. The molecule has 8 heteroatoms. The largest absolute Gasteiger partial charge is 0.481 e. The Morgan fingerprint density at radius 2 is 1.82 bits per heavy atom. The maximum absolute atomic E-state index is 12.0. The molecule has 0 aliphatic heterocycles. The van der Waals surface area contributed by atoms with Crippen LogP contribution in [0, 0.1) is 0 Å². The molecule has 0 aliphatic carbocycles. The van der Waals surface area contributed by atoms with E-state index in [0.717, 1.165) is 5.56 Å². The highest BCUT2D eigenvalue weighted by Gasteiger charge is 2.27. The number of benzene rings is 1. The van der Waals surface area contributed by atoms with Crippen LogP contribution in [0.2, 0.25) is 0 Å². The van der Waals surface area contributed by atoms with Gasteiger partial charge in [-0.1, -0.05) is 30.3 Å². The van der Waals surface area contributed by atoms with Gasteiger partial charge in [-0.3, -0.25) is 14.2 Å². The number of hydrogen-bond acceptors (Lipinski definition) is 3. The number of carboxylic acids is 2. The van der Waals surface area contributed by atoms with Crippen molar-refractivity contribution in [3.05, 3.63) is 35.9 Å². The van der Waals surface area contributed by atoms with Crippen LogP contribution in [0.25, 0.3) is 0 Å². The molecule has 2 atom stereocenters.